The molecule has 1 aliphatic heterocycles. The van der Waals surface area contributed by atoms with Gasteiger partial charge < -0.3 is 19.9 Å². The lowest BCUT2D eigenvalue weighted by Crippen LogP contribution is -2.44. The molecule has 4 aromatic rings. The van der Waals surface area contributed by atoms with Crippen LogP contribution in [0.1, 0.15) is 5.69 Å². The third-order valence-electron chi connectivity index (χ3n) is 5.38. The molecule has 10 heteroatoms. The second-order valence-electron chi connectivity index (χ2n) is 7.56. The number of benzene rings is 1. The van der Waals surface area contributed by atoms with E-state index >= 15 is 0 Å². The molecule has 0 radical (unpaired) electrons. The van der Waals surface area contributed by atoms with Gasteiger partial charge in [-0.05, 0) is 37.4 Å². The number of aromatic hydroxyl groups is 1. The highest BCUT2D eigenvalue weighted by Crippen LogP contribution is 2.20. The third-order valence-corrected chi connectivity index (χ3v) is 5.38. The van der Waals surface area contributed by atoms with Crippen LogP contribution in [0.15, 0.2) is 52.5 Å². The summed E-state index contributed by atoms with van der Waals surface area (Å²) in [6.45, 7) is 4.17. The van der Waals surface area contributed by atoms with Gasteiger partial charge in [-0.1, -0.05) is 0 Å². The van der Waals surface area contributed by atoms with Crippen LogP contribution in [0.5, 0.6) is 5.88 Å². The summed E-state index contributed by atoms with van der Waals surface area (Å²) >= 11 is 0. The number of hydrogen-bond donors (Lipinski definition) is 3. The fraction of sp³-hybridized carbons (Fsp3) is 0.238. The highest BCUT2D eigenvalue weighted by atomic mass is 16.3. The van der Waals surface area contributed by atoms with Crippen molar-refractivity contribution in [2.75, 3.05) is 38.1 Å². The van der Waals surface area contributed by atoms with Crippen molar-refractivity contribution in [2.24, 2.45) is 4.99 Å². The molecule has 10 nitrogen and oxygen atoms in total. The van der Waals surface area contributed by atoms with E-state index in [1.165, 1.54) is 5.69 Å². The number of anilines is 1. The monoisotopic (exact) mass is 418 g/mol. The molecule has 3 N–H and O–H groups in total. The first-order valence-corrected chi connectivity index (χ1v) is 10.0. The smallest absolute Gasteiger partial charge is 0.326 e. The van der Waals surface area contributed by atoms with Crippen molar-refractivity contribution < 1.29 is 5.11 Å². The number of fused-ring (bicyclic) bond motifs is 1. The van der Waals surface area contributed by atoms with E-state index < -0.39 is 5.69 Å². The zero-order valence-corrected chi connectivity index (χ0v) is 17.0. The summed E-state index contributed by atoms with van der Waals surface area (Å²) in [6.07, 6.45) is 5.00. The summed E-state index contributed by atoms with van der Waals surface area (Å²) in [6, 6.07) is 9.95. The van der Waals surface area contributed by atoms with Crippen molar-refractivity contribution >= 4 is 23.1 Å². The molecule has 0 amide bonds. The minimum atomic E-state index is -0.483. The number of H-pyrrole nitrogens is 2. The topological polar surface area (TPSA) is 118 Å². The van der Waals surface area contributed by atoms with Crippen LogP contribution in [0.2, 0.25) is 0 Å². The lowest BCUT2D eigenvalue weighted by Gasteiger charge is -2.34. The van der Waals surface area contributed by atoms with Gasteiger partial charge >= 0.3 is 5.69 Å². The number of rotatable bonds is 3. The first-order chi connectivity index (χ1) is 15.0. The average Bonchev–Trinajstić information content (AvgIpc) is 3.31. The van der Waals surface area contributed by atoms with Gasteiger partial charge in [-0.25, -0.2) is 19.3 Å². The first-order valence-electron chi connectivity index (χ1n) is 10.0. The molecule has 3 aromatic heterocycles. The highest BCUT2D eigenvalue weighted by Gasteiger charge is 2.13. The van der Waals surface area contributed by atoms with E-state index in [4.69, 9.17) is 0 Å². The number of aromatic nitrogens is 5. The second kappa shape index (κ2) is 7.73. The standard InChI is InChI=1S/C21H22N8O2/c1-27-8-10-28(11-9-27)16-4-2-15(3-5-16)23-18-6-7-29-19(25-18)14(13-22-29)12-17-20(30)26-21(31)24-17/h2-7,12-13,30H,8-11H2,1H3,(H2,24,26,31)/b14-12-,23-18?. The summed E-state index contributed by atoms with van der Waals surface area (Å²) in [5, 5.41) is 14.7. The quantitative estimate of drug-likeness (QED) is 0.431. The van der Waals surface area contributed by atoms with Gasteiger partial charge in [0, 0.05) is 49.3 Å². The van der Waals surface area contributed by atoms with Crippen molar-refractivity contribution in [3.63, 3.8) is 0 Å². The predicted molar refractivity (Wildman–Crippen MR) is 116 cm³/mol. The largest absolute Gasteiger partial charge is 0.493 e. The molecule has 1 aliphatic rings. The third kappa shape index (κ3) is 3.92. The van der Waals surface area contributed by atoms with Gasteiger partial charge in [0.2, 0.25) is 5.88 Å². The van der Waals surface area contributed by atoms with Crippen LogP contribution in [0, 0.1) is 0 Å². The van der Waals surface area contributed by atoms with Crippen molar-refractivity contribution in [1.82, 2.24) is 29.5 Å². The number of likely N-dealkylation sites (N-methyl/N-ethyl adjacent to an activating group) is 1. The van der Waals surface area contributed by atoms with E-state index in [1.54, 1.807) is 29.1 Å². The van der Waals surface area contributed by atoms with Crippen LogP contribution in [0.3, 0.4) is 0 Å². The van der Waals surface area contributed by atoms with Gasteiger partial charge in [0.05, 0.1) is 11.9 Å². The van der Waals surface area contributed by atoms with Crippen molar-refractivity contribution in [3.05, 3.63) is 69.6 Å². The number of imidazole rings is 1. The molecule has 158 valence electrons. The number of nitrogens with zero attached hydrogens (tertiary/aromatic N) is 6. The summed E-state index contributed by atoms with van der Waals surface area (Å²) in [5.74, 6) is -0.231. The van der Waals surface area contributed by atoms with Gasteiger partial charge in [0.25, 0.3) is 0 Å². The van der Waals surface area contributed by atoms with Crippen LogP contribution < -0.4 is 21.3 Å². The molecular weight excluding hydrogens is 396 g/mol. The maximum absolute atomic E-state index is 11.4. The van der Waals surface area contributed by atoms with Crippen LogP contribution in [-0.2, 0) is 0 Å². The summed E-state index contributed by atoms with van der Waals surface area (Å²) < 4.78 is 1.61. The molecule has 0 atom stereocenters. The second-order valence-corrected chi connectivity index (χ2v) is 7.56. The van der Waals surface area contributed by atoms with Crippen LogP contribution >= 0.6 is 0 Å². The maximum Gasteiger partial charge on any atom is 0.326 e. The number of piperazine rings is 1. The number of hydrogen-bond acceptors (Lipinski definition) is 7. The maximum atomic E-state index is 11.4. The Morgan fingerprint density at radius 3 is 2.58 bits per heavy atom. The zero-order valence-electron chi connectivity index (χ0n) is 17.0. The molecular formula is C21H22N8O2. The molecule has 0 unspecified atom stereocenters. The van der Waals surface area contributed by atoms with Gasteiger partial charge in [-0.15, -0.1) is 0 Å². The summed E-state index contributed by atoms with van der Waals surface area (Å²) in [5.41, 5.74) is 2.90. The molecule has 5 rings (SSSR count). The Balaban J connectivity index is 1.46. The zero-order chi connectivity index (χ0) is 21.4. The molecule has 0 bridgehead atoms. The van der Waals surface area contributed by atoms with Crippen molar-refractivity contribution in [3.8, 4) is 5.88 Å². The first kappa shape index (κ1) is 19.1. The Bertz CT molecular complexity index is 1390. The Hall–Kier alpha value is -3.92. The molecule has 0 saturated carbocycles. The summed E-state index contributed by atoms with van der Waals surface area (Å²) in [7, 11) is 2.15. The Morgan fingerprint density at radius 2 is 1.87 bits per heavy atom. The Kier molecular flexibility index (Phi) is 4.75. The lowest BCUT2D eigenvalue weighted by molar-refractivity contribution is 0.313. The van der Waals surface area contributed by atoms with E-state index in [1.807, 2.05) is 12.1 Å². The van der Waals surface area contributed by atoms with E-state index in [2.05, 4.69) is 54.0 Å². The molecule has 1 fully saturated rings. The summed E-state index contributed by atoms with van der Waals surface area (Å²) in [4.78, 5) is 30.1. The lowest BCUT2D eigenvalue weighted by atomic mass is 10.2. The van der Waals surface area contributed by atoms with E-state index in [9.17, 15) is 9.90 Å². The molecule has 4 heterocycles. The van der Waals surface area contributed by atoms with Crippen molar-refractivity contribution in [2.45, 2.75) is 0 Å². The minimum Gasteiger partial charge on any atom is -0.493 e. The molecule has 1 aromatic carbocycles. The minimum absolute atomic E-state index is 0.231. The van der Waals surface area contributed by atoms with Crippen LogP contribution in [-0.4, -0.2) is 67.8 Å². The van der Waals surface area contributed by atoms with Crippen LogP contribution in [0.4, 0.5) is 11.4 Å². The SMILES string of the molecule is CN1CCN(c2ccc(N=c3ccn4nc/c(=C/c5[nH]c(=O)[nH]c5O)c4n3)cc2)CC1. The molecule has 0 aliphatic carbocycles. The molecule has 1 saturated heterocycles. The predicted octanol–water partition coefficient (Wildman–Crippen LogP) is -0.0168. The Morgan fingerprint density at radius 1 is 1.10 bits per heavy atom. The Labute approximate surface area is 176 Å². The van der Waals surface area contributed by atoms with E-state index in [0.717, 1.165) is 31.9 Å². The fourth-order valence-electron chi connectivity index (χ4n) is 3.62. The highest BCUT2D eigenvalue weighted by molar-refractivity contribution is 5.56. The van der Waals surface area contributed by atoms with Gasteiger partial charge in [-0.2, -0.15) is 5.10 Å². The number of nitrogens with one attached hydrogen (secondary N) is 2. The molecule has 31 heavy (non-hydrogen) atoms. The van der Waals surface area contributed by atoms with Crippen molar-refractivity contribution in [1.29, 1.82) is 0 Å². The average molecular weight is 418 g/mol. The number of aromatic amines is 2. The fourth-order valence-corrected chi connectivity index (χ4v) is 3.62. The molecule has 0 spiro atoms. The van der Waals surface area contributed by atoms with Gasteiger partial charge in [-0.3, -0.25) is 4.98 Å². The van der Waals surface area contributed by atoms with E-state index in [0.29, 0.717) is 16.4 Å². The normalized spacial score (nSPS) is 16.5. The van der Waals surface area contributed by atoms with Crippen LogP contribution in [0.25, 0.3) is 11.7 Å². The van der Waals surface area contributed by atoms with E-state index in [-0.39, 0.29) is 11.6 Å². The van der Waals surface area contributed by atoms with Gasteiger partial charge in [0.15, 0.2) is 11.1 Å². The van der Waals surface area contributed by atoms with Gasteiger partial charge in [0.1, 0.15) is 5.69 Å².